The molecule has 0 aromatic heterocycles. The van der Waals surface area contributed by atoms with Crippen LogP contribution >= 0.6 is 0 Å². The van der Waals surface area contributed by atoms with Crippen LogP contribution in [0.25, 0.3) is 0 Å². The highest BCUT2D eigenvalue weighted by atomic mass is 32.2. The van der Waals surface area contributed by atoms with E-state index in [9.17, 15) is 18.3 Å². The van der Waals surface area contributed by atoms with Gasteiger partial charge in [0.2, 0.25) is 15.9 Å². The number of amides is 1. The van der Waals surface area contributed by atoms with Crippen LogP contribution in [0.15, 0.2) is 24.3 Å². The summed E-state index contributed by atoms with van der Waals surface area (Å²) in [6.45, 7) is 1.15. The molecule has 0 spiro atoms. The van der Waals surface area contributed by atoms with Gasteiger partial charge in [-0.1, -0.05) is 18.2 Å². The first-order chi connectivity index (χ1) is 10.8. The Morgan fingerprint density at radius 2 is 1.91 bits per heavy atom. The Bertz CT molecular complexity index is 652. The summed E-state index contributed by atoms with van der Waals surface area (Å²) in [6, 6.07) is 6.99. The van der Waals surface area contributed by atoms with Crippen molar-refractivity contribution in [2.24, 2.45) is 0 Å². The molecule has 0 aliphatic carbocycles. The lowest BCUT2D eigenvalue weighted by molar-refractivity contribution is -0.132. The molecule has 23 heavy (non-hydrogen) atoms. The van der Waals surface area contributed by atoms with Crippen LogP contribution in [-0.2, 0) is 21.2 Å². The lowest BCUT2D eigenvalue weighted by atomic mass is 10.0. The Labute approximate surface area is 137 Å². The number of likely N-dealkylation sites (tertiary alicyclic amines) is 1. The van der Waals surface area contributed by atoms with E-state index in [0.717, 1.165) is 5.56 Å². The number of nitrogens with zero attached hydrogens (tertiary/aromatic N) is 2. The number of hydrogen-bond acceptors (Lipinski definition) is 4. The Balaban J connectivity index is 1.83. The maximum Gasteiger partial charge on any atom is 0.222 e. The molecule has 1 saturated heterocycles. The fraction of sp³-hybridized carbons (Fsp3) is 0.562. The smallest absolute Gasteiger partial charge is 0.222 e. The van der Waals surface area contributed by atoms with Crippen LogP contribution in [0.2, 0.25) is 0 Å². The van der Waals surface area contributed by atoms with Crippen molar-refractivity contribution in [3.05, 3.63) is 29.8 Å². The first-order valence-electron chi connectivity index (χ1n) is 7.76. The summed E-state index contributed by atoms with van der Waals surface area (Å²) in [4.78, 5) is 14.1. The van der Waals surface area contributed by atoms with Crippen LogP contribution in [0.3, 0.4) is 0 Å². The van der Waals surface area contributed by atoms with Gasteiger partial charge in [-0.25, -0.2) is 12.7 Å². The molecule has 0 atom stereocenters. The molecule has 1 aliphatic rings. The molecule has 6 nitrogen and oxygen atoms in total. The lowest BCUT2D eigenvalue weighted by Crippen LogP contribution is -2.47. The van der Waals surface area contributed by atoms with Crippen molar-refractivity contribution < 1.29 is 18.3 Å². The Hall–Kier alpha value is -1.60. The van der Waals surface area contributed by atoms with E-state index in [1.54, 1.807) is 24.1 Å². The standard InChI is InChI=1S/C16H24N2O4S/c1-17(23(2,21)22)14-9-11-18(12-10-14)16(20)8-7-13-5-3-4-6-15(13)19/h3-6,14,19H,7-12H2,1-2H3. The number of hydrogen-bond donors (Lipinski definition) is 1. The molecule has 128 valence electrons. The number of sulfonamides is 1. The first kappa shape index (κ1) is 17.7. The minimum Gasteiger partial charge on any atom is -0.508 e. The Morgan fingerprint density at radius 1 is 1.30 bits per heavy atom. The summed E-state index contributed by atoms with van der Waals surface area (Å²) in [5, 5.41) is 9.72. The highest BCUT2D eigenvalue weighted by Gasteiger charge is 2.28. The second-order valence-corrected chi connectivity index (χ2v) is 8.06. The molecule has 7 heteroatoms. The van der Waals surface area contributed by atoms with Crippen molar-refractivity contribution in [2.75, 3.05) is 26.4 Å². The number of para-hydroxylation sites is 1. The summed E-state index contributed by atoms with van der Waals surface area (Å²) < 4.78 is 24.5. The predicted molar refractivity (Wildman–Crippen MR) is 88.6 cm³/mol. The topological polar surface area (TPSA) is 77.9 Å². The molecule has 2 rings (SSSR count). The fourth-order valence-corrected chi connectivity index (χ4v) is 3.62. The molecule has 1 heterocycles. The number of aromatic hydroxyl groups is 1. The molecule has 0 radical (unpaired) electrons. The van der Waals surface area contributed by atoms with Crippen LogP contribution in [0.1, 0.15) is 24.8 Å². The Kier molecular flexibility index (Phi) is 5.64. The van der Waals surface area contributed by atoms with Crippen molar-refractivity contribution in [3.63, 3.8) is 0 Å². The zero-order valence-electron chi connectivity index (χ0n) is 13.6. The molecule has 1 aliphatic heterocycles. The largest absolute Gasteiger partial charge is 0.508 e. The molecule has 0 saturated carbocycles. The van der Waals surface area contributed by atoms with Crippen molar-refractivity contribution in [3.8, 4) is 5.75 Å². The van der Waals surface area contributed by atoms with Crippen molar-refractivity contribution >= 4 is 15.9 Å². The number of phenolic OH excluding ortho intramolecular Hbond substituents is 1. The van der Waals surface area contributed by atoms with Crippen LogP contribution < -0.4 is 0 Å². The number of phenols is 1. The van der Waals surface area contributed by atoms with Crippen LogP contribution in [0.4, 0.5) is 0 Å². The highest BCUT2D eigenvalue weighted by Crippen LogP contribution is 2.20. The molecule has 1 amide bonds. The fourth-order valence-electron chi connectivity index (χ4n) is 2.87. The molecule has 1 N–H and O–H groups in total. The molecule has 1 aromatic carbocycles. The van der Waals surface area contributed by atoms with E-state index in [1.807, 2.05) is 12.1 Å². The van der Waals surface area contributed by atoms with Crippen LogP contribution in [0.5, 0.6) is 5.75 Å². The van der Waals surface area contributed by atoms with Crippen LogP contribution in [-0.4, -0.2) is 61.1 Å². The summed E-state index contributed by atoms with van der Waals surface area (Å²) >= 11 is 0. The molecular formula is C16H24N2O4S. The van der Waals surface area contributed by atoms with Gasteiger partial charge in [0.1, 0.15) is 5.75 Å². The Morgan fingerprint density at radius 3 is 2.48 bits per heavy atom. The van der Waals surface area contributed by atoms with E-state index in [1.165, 1.54) is 10.6 Å². The zero-order chi connectivity index (χ0) is 17.0. The predicted octanol–water partition coefficient (Wildman–Crippen LogP) is 1.21. The normalized spacial score (nSPS) is 16.7. The van der Waals surface area contributed by atoms with Gasteiger partial charge < -0.3 is 10.0 Å². The van der Waals surface area contributed by atoms with Crippen molar-refractivity contribution in [1.29, 1.82) is 0 Å². The number of piperidine rings is 1. The van der Waals surface area contributed by atoms with E-state index in [-0.39, 0.29) is 17.7 Å². The average Bonchev–Trinajstić information content (AvgIpc) is 2.52. The number of carbonyl (C=O) groups is 1. The van der Waals surface area contributed by atoms with Crippen molar-refractivity contribution in [1.82, 2.24) is 9.21 Å². The molecule has 0 bridgehead atoms. The van der Waals surface area contributed by atoms with E-state index < -0.39 is 10.0 Å². The third-order valence-corrected chi connectivity index (χ3v) is 5.80. The number of rotatable bonds is 5. The minimum absolute atomic E-state index is 0.0350. The number of aryl methyl sites for hydroxylation is 1. The van der Waals surface area contributed by atoms with E-state index in [0.29, 0.717) is 38.8 Å². The number of benzene rings is 1. The van der Waals surface area contributed by atoms with E-state index >= 15 is 0 Å². The SMILES string of the molecule is CN(C1CCN(C(=O)CCc2ccccc2O)CC1)S(C)(=O)=O. The minimum atomic E-state index is -3.19. The average molecular weight is 340 g/mol. The lowest BCUT2D eigenvalue weighted by Gasteiger charge is -2.35. The quantitative estimate of drug-likeness (QED) is 0.874. The second kappa shape index (κ2) is 7.31. The monoisotopic (exact) mass is 340 g/mol. The zero-order valence-corrected chi connectivity index (χ0v) is 14.4. The molecule has 1 fully saturated rings. The van der Waals surface area contributed by atoms with E-state index in [2.05, 4.69) is 0 Å². The van der Waals surface area contributed by atoms with Gasteiger partial charge in [0.15, 0.2) is 0 Å². The third kappa shape index (κ3) is 4.68. The maximum atomic E-state index is 12.3. The van der Waals surface area contributed by atoms with Gasteiger partial charge in [-0.2, -0.15) is 0 Å². The van der Waals surface area contributed by atoms with Crippen LogP contribution in [0, 0.1) is 0 Å². The summed E-state index contributed by atoms with van der Waals surface area (Å²) in [5.74, 6) is 0.266. The first-order valence-corrected chi connectivity index (χ1v) is 9.61. The van der Waals surface area contributed by atoms with Gasteiger partial charge in [-0.3, -0.25) is 4.79 Å². The van der Waals surface area contributed by atoms with Gasteiger partial charge >= 0.3 is 0 Å². The highest BCUT2D eigenvalue weighted by molar-refractivity contribution is 7.88. The van der Waals surface area contributed by atoms with Gasteiger partial charge in [0.05, 0.1) is 6.26 Å². The van der Waals surface area contributed by atoms with Gasteiger partial charge in [-0.15, -0.1) is 0 Å². The van der Waals surface area contributed by atoms with Gasteiger partial charge in [0.25, 0.3) is 0 Å². The maximum absolute atomic E-state index is 12.3. The summed E-state index contributed by atoms with van der Waals surface area (Å²) in [5.41, 5.74) is 0.771. The van der Waals surface area contributed by atoms with E-state index in [4.69, 9.17) is 0 Å². The van der Waals surface area contributed by atoms with Gasteiger partial charge in [0, 0.05) is 32.6 Å². The summed E-state index contributed by atoms with van der Waals surface area (Å²) in [7, 11) is -1.60. The third-order valence-electron chi connectivity index (χ3n) is 4.45. The van der Waals surface area contributed by atoms with Crippen molar-refractivity contribution in [2.45, 2.75) is 31.7 Å². The molecule has 0 unspecified atom stereocenters. The molecule has 1 aromatic rings. The number of carbonyl (C=O) groups excluding carboxylic acids is 1. The van der Waals surface area contributed by atoms with Gasteiger partial charge in [-0.05, 0) is 30.9 Å². The summed E-state index contributed by atoms with van der Waals surface area (Å²) in [6.07, 6.45) is 3.38. The molecular weight excluding hydrogens is 316 g/mol. The second-order valence-electron chi connectivity index (χ2n) is 6.02.